The zero-order chi connectivity index (χ0) is 17.3. The number of anilines is 3. The summed E-state index contributed by atoms with van der Waals surface area (Å²) >= 11 is 0. The highest BCUT2D eigenvalue weighted by atomic mass is 19.4. The van der Waals surface area contributed by atoms with Gasteiger partial charge in [-0.3, -0.25) is 0 Å². The number of hydrogen-bond donors (Lipinski definition) is 3. The van der Waals surface area contributed by atoms with Crippen LogP contribution < -0.4 is 10.6 Å². The highest BCUT2D eigenvalue weighted by molar-refractivity contribution is 5.58. The summed E-state index contributed by atoms with van der Waals surface area (Å²) in [5.74, 6) is -0.150. The molecule has 0 spiro atoms. The van der Waals surface area contributed by atoms with Crippen molar-refractivity contribution < 1.29 is 18.3 Å². The number of nitrogens with zero attached hydrogens (tertiary/aromatic N) is 2. The zero-order valence-corrected chi connectivity index (χ0v) is 12.9. The van der Waals surface area contributed by atoms with Gasteiger partial charge in [-0.05, 0) is 37.5 Å². The molecule has 1 fully saturated rings. The van der Waals surface area contributed by atoms with Crippen molar-refractivity contribution in [3.63, 3.8) is 0 Å². The van der Waals surface area contributed by atoms with Crippen molar-refractivity contribution in [2.45, 2.75) is 38.1 Å². The number of aromatic nitrogens is 2. The maximum atomic E-state index is 13.1. The summed E-state index contributed by atoms with van der Waals surface area (Å²) in [6, 6.07) is 6.94. The molecular weight excluding hydrogens is 321 g/mol. The lowest BCUT2D eigenvalue weighted by atomic mass is 10.1. The fourth-order valence-electron chi connectivity index (χ4n) is 2.19. The highest BCUT2D eigenvalue weighted by Gasteiger charge is 2.36. The Morgan fingerprint density at radius 3 is 2.67 bits per heavy atom. The van der Waals surface area contributed by atoms with E-state index < -0.39 is 17.8 Å². The number of alkyl halides is 3. The quantitative estimate of drug-likeness (QED) is 0.772. The topological polar surface area (TPSA) is 70.1 Å². The van der Waals surface area contributed by atoms with Crippen LogP contribution in [-0.2, 0) is 6.18 Å². The van der Waals surface area contributed by atoms with Crippen molar-refractivity contribution in [3.8, 4) is 0 Å². The van der Waals surface area contributed by atoms with E-state index in [1.54, 1.807) is 31.2 Å². The molecule has 3 rings (SSSR count). The highest BCUT2D eigenvalue weighted by Crippen LogP contribution is 2.36. The van der Waals surface area contributed by atoms with Gasteiger partial charge in [-0.2, -0.15) is 18.2 Å². The van der Waals surface area contributed by atoms with E-state index in [4.69, 9.17) is 0 Å². The molecule has 1 unspecified atom stereocenters. The second kappa shape index (κ2) is 6.27. The first-order valence-electron chi connectivity index (χ1n) is 7.59. The molecule has 1 heterocycles. The lowest BCUT2D eigenvalue weighted by molar-refractivity contribution is -0.137. The molecule has 0 saturated heterocycles. The van der Waals surface area contributed by atoms with Gasteiger partial charge in [0.15, 0.2) is 0 Å². The molecule has 1 aromatic heterocycles. The minimum atomic E-state index is -4.51. The molecule has 1 aliphatic rings. The molecule has 1 saturated carbocycles. The predicted octanol–water partition coefficient (Wildman–Crippen LogP) is 3.87. The molecular formula is C16H17F3N4O. The van der Waals surface area contributed by atoms with Gasteiger partial charge < -0.3 is 15.7 Å². The Morgan fingerprint density at radius 1 is 1.29 bits per heavy atom. The first-order chi connectivity index (χ1) is 11.3. The Labute approximate surface area is 137 Å². The van der Waals surface area contributed by atoms with Gasteiger partial charge >= 0.3 is 6.18 Å². The van der Waals surface area contributed by atoms with Crippen molar-refractivity contribution in [3.05, 3.63) is 41.6 Å². The molecule has 24 heavy (non-hydrogen) atoms. The fourth-order valence-corrected chi connectivity index (χ4v) is 2.19. The number of aliphatic hydroxyl groups is 1. The Kier molecular flexibility index (Phi) is 4.31. The van der Waals surface area contributed by atoms with Crippen LogP contribution in [0.25, 0.3) is 0 Å². The van der Waals surface area contributed by atoms with Gasteiger partial charge in [0.25, 0.3) is 0 Å². The van der Waals surface area contributed by atoms with Gasteiger partial charge in [0.05, 0.1) is 6.10 Å². The van der Waals surface area contributed by atoms with E-state index in [-0.39, 0.29) is 17.8 Å². The number of benzene rings is 1. The number of rotatable bonds is 5. The van der Waals surface area contributed by atoms with Crippen molar-refractivity contribution in [1.29, 1.82) is 0 Å². The van der Waals surface area contributed by atoms with Crippen LogP contribution in [0.3, 0.4) is 0 Å². The van der Waals surface area contributed by atoms with E-state index in [9.17, 15) is 18.3 Å². The third-order valence-corrected chi connectivity index (χ3v) is 3.64. The van der Waals surface area contributed by atoms with Gasteiger partial charge in [0.1, 0.15) is 11.4 Å². The summed E-state index contributed by atoms with van der Waals surface area (Å²) in [6.45, 7) is 1.63. The Morgan fingerprint density at radius 2 is 2.04 bits per heavy atom. The smallest absolute Gasteiger partial charge is 0.389 e. The molecule has 0 radical (unpaired) electrons. The molecule has 5 nitrogen and oxygen atoms in total. The first kappa shape index (κ1) is 16.5. The minimum absolute atomic E-state index is 0.0346. The first-order valence-corrected chi connectivity index (χ1v) is 7.59. The van der Waals surface area contributed by atoms with Gasteiger partial charge in [-0.1, -0.05) is 12.1 Å². The zero-order valence-electron chi connectivity index (χ0n) is 12.9. The van der Waals surface area contributed by atoms with E-state index in [0.717, 1.165) is 19.0 Å². The minimum Gasteiger partial charge on any atom is -0.389 e. The van der Waals surface area contributed by atoms with E-state index in [1.807, 2.05) is 0 Å². The summed E-state index contributed by atoms with van der Waals surface area (Å²) in [5, 5.41) is 15.3. The molecule has 0 bridgehead atoms. The largest absolute Gasteiger partial charge is 0.421 e. The van der Waals surface area contributed by atoms with E-state index in [1.165, 1.54) is 0 Å². The van der Waals surface area contributed by atoms with Crippen LogP contribution in [0.2, 0.25) is 0 Å². The second-order valence-corrected chi connectivity index (χ2v) is 5.80. The van der Waals surface area contributed by atoms with Gasteiger partial charge in [-0.25, -0.2) is 4.98 Å². The molecule has 1 aromatic carbocycles. The normalized spacial score (nSPS) is 15.9. The molecule has 0 aliphatic heterocycles. The molecule has 2 aromatic rings. The molecule has 1 aliphatic carbocycles. The van der Waals surface area contributed by atoms with Gasteiger partial charge in [-0.15, -0.1) is 0 Å². The number of halogens is 3. The predicted molar refractivity (Wildman–Crippen MR) is 84.0 cm³/mol. The van der Waals surface area contributed by atoms with Crippen LogP contribution in [0.15, 0.2) is 30.5 Å². The molecule has 8 heteroatoms. The van der Waals surface area contributed by atoms with Gasteiger partial charge in [0, 0.05) is 17.9 Å². The number of aliphatic hydroxyl groups excluding tert-OH is 1. The van der Waals surface area contributed by atoms with Crippen LogP contribution in [0, 0.1) is 0 Å². The Hall–Kier alpha value is -2.35. The monoisotopic (exact) mass is 338 g/mol. The summed E-state index contributed by atoms with van der Waals surface area (Å²) in [7, 11) is 0. The summed E-state index contributed by atoms with van der Waals surface area (Å²) < 4.78 is 39.2. The SMILES string of the molecule is CC(O)c1cccc(Nc2ncc(C(F)(F)F)c(NC3CC3)n2)c1. The molecule has 1 atom stereocenters. The van der Waals surface area contributed by atoms with Crippen LogP contribution in [0.5, 0.6) is 0 Å². The molecule has 0 amide bonds. The average molecular weight is 338 g/mol. The van der Waals surface area contributed by atoms with Crippen molar-refractivity contribution in [2.75, 3.05) is 10.6 Å². The van der Waals surface area contributed by atoms with Crippen molar-refractivity contribution in [1.82, 2.24) is 9.97 Å². The van der Waals surface area contributed by atoms with Crippen molar-refractivity contribution in [2.24, 2.45) is 0 Å². The number of hydrogen-bond acceptors (Lipinski definition) is 5. The van der Waals surface area contributed by atoms with E-state index >= 15 is 0 Å². The Balaban J connectivity index is 1.87. The fraction of sp³-hybridized carbons (Fsp3) is 0.375. The van der Waals surface area contributed by atoms with Crippen molar-refractivity contribution >= 4 is 17.5 Å². The van der Waals surface area contributed by atoms with Crippen LogP contribution in [0.1, 0.15) is 37.0 Å². The third kappa shape index (κ3) is 3.94. The molecule has 3 N–H and O–H groups in total. The third-order valence-electron chi connectivity index (χ3n) is 3.64. The second-order valence-electron chi connectivity index (χ2n) is 5.80. The molecule has 128 valence electrons. The summed E-state index contributed by atoms with van der Waals surface area (Å²) in [4.78, 5) is 7.73. The summed E-state index contributed by atoms with van der Waals surface area (Å²) in [6.07, 6.45) is -2.71. The average Bonchev–Trinajstić information content (AvgIpc) is 3.30. The van der Waals surface area contributed by atoms with Crippen LogP contribution in [-0.4, -0.2) is 21.1 Å². The standard InChI is InChI=1S/C16H17F3N4O/c1-9(24)10-3-2-4-12(7-10)22-15-20-8-13(16(17,18)19)14(23-15)21-11-5-6-11/h2-4,7-9,11,24H,5-6H2,1H3,(H2,20,21,22,23). The maximum absolute atomic E-state index is 13.1. The number of nitrogens with one attached hydrogen (secondary N) is 2. The lowest BCUT2D eigenvalue weighted by Crippen LogP contribution is -2.15. The van der Waals surface area contributed by atoms with E-state index in [0.29, 0.717) is 11.3 Å². The van der Waals surface area contributed by atoms with Crippen LogP contribution >= 0.6 is 0 Å². The van der Waals surface area contributed by atoms with Gasteiger partial charge in [0.2, 0.25) is 5.95 Å². The maximum Gasteiger partial charge on any atom is 0.421 e. The summed E-state index contributed by atoms with van der Waals surface area (Å²) in [5.41, 5.74) is 0.395. The van der Waals surface area contributed by atoms with Crippen LogP contribution in [0.4, 0.5) is 30.6 Å². The lowest BCUT2D eigenvalue weighted by Gasteiger charge is -2.15. The Bertz CT molecular complexity index is 730. The van der Waals surface area contributed by atoms with E-state index in [2.05, 4.69) is 20.6 Å².